The van der Waals surface area contributed by atoms with Crippen LogP contribution in [-0.4, -0.2) is 29.0 Å². The van der Waals surface area contributed by atoms with E-state index in [1.165, 1.54) is 16.8 Å². The molecular weight excluding hydrogens is 301 g/mol. The highest BCUT2D eigenvalue weighted by atomic mass is 32.2. The maximum absolute atomic E-state index is 13.5. The van der Waals surface area contributed by atoms with Gasteiger partial charge >= 0.3 is 5.97 Å². The van der Waals surface area contributed by atoms with E-state index >= 15 is 0 Å². The van der Waals surface area contributed by atoms with Crippen LogP contribution in [0.3, 0.4) is 0 Å². The summed E-state index contributed by atoms with van der Waals surface area (Å²) in [6.07, 6.45) is 1.32. The molecule has 0 saturated heterocycles. The van der Waals surface area contributed by atoms with E-state index < -0.39 is 27.4 Å². The Bertz CT molecular complexity index is 794. The molecule has 0 aliphatic rings. The second-order valence-electron chi connectivity index (χ2n) is 4.34. The first-order valence-corrected chi connectivity index (χ1v) is 7.24. The van der Waals surface area contributed by atoms with Crippen LogP contribution in [-0.2, 0) is 17.1 Å². The number of rotatable bonds is 4. The SMILES string of the molecule is Cc1nc(S(=O)(=O)Nc2ccc(C(=O)O)c(F)c2)cn1C. The highest BCUT2D eigenvalue weighted by Crippen LogP contribution is 2.18. The van der Waals surface area contributed by atoms with E-state index in [4.69, 9.17) is 5.11 Å². The van der Waals surface area contributed by atoms with Crippen molar-refractivity contribution >= 4 is 21.7 Å². The van der Waals surface area contributed by atoms with Crippen molar-refractivity contribution in [2.75, 3.05) is 4.72 Å². The summed E-state index contributed by atoms with van der Waals surface area (Å²) < 4.78 is 41.3. The first kappa shape index (κ1) is 15.0. The van der Waals surface area contributed by atoms with Gasteiger partial charge in [0.1, 0.15) is 11.6 Å². The largest absolute Gasteiger partial charge is 0.478 e. The van der Waals surface area contributed by atoms with Crippen molar-refractivity contribution in [1.82, 2.24) is 9.55 Å². The van der Waals surface area contributed by atoms with Crippen LogP contribution in [0.1, 0.15) is 16.2 Å². The standard InChI is InChI=1S/C12H12FN3O4S/c1-7-14-11(6-16(7)2)21(19,20)15-8-3-4-9(12(17)18)10(13)5-8/h3-6,15H,1-2H3,(H,17,18). The van der Waals surface area contributed by atoms with Gasteiger partial charge in [-0.1, -0.05) is 0 Å². The third kappa shape index (κ3) is 3.02. The number of nitrogens with one attached hydrogen (secondary N) is 1. The number of aromatic carboxylic acids is 1. The van der Waals surface area contributed by atoms with Gasteiger partial charge in [0.25, 0.3) is 10.0 Å². The van der Waals surface area contributed by atoms with Crippen molar-refractivity contribution in [1.29, 1.82) is 0 Å². The molecule has 2 N–H and O–H groups in total. The summed E-state index contributed by atoms with van der Waals surface area (Å²) in [5.41, 5.74) is -0.618. The lowest BCUT2D eigenvalue weighted by Gasteiger charge is -2.06. The number of benzene rings is 1. The van der Waals surface area contributed by atoms with E-state index in [2.05, 4.69) is 9.71 Å². The third-order valence-corrected chi connectivity index (χ3v) is 4.07. The number of aryl methyl sites for hydroxylation is 2. The average molecular weight is 313 g/mol. The summed E-state index contributed by atoms with van der Waals surface area (Å²) >= 11 is 0. The zero-order chi connectivity index (χ0) is 15.8. The zero-order valence-electron chi connectivity index (χ0n) is 11.2. The van der Waals surface area contributed by atoms with Crippen molar-refractivity contribution < 1.29 is 22.7 Å². The van der Waals surface area contributed by atoms with Gasteiger partial charge in [-0.3, -0.25) is 4.72 Å². The van der Waals surface area contributed by atoms with E-state index in [0.717, 1.165) is 12.1 Å². The molecule has 9 heteroatoms. The molecule has 0 saturated carbocycles. The lowest BCUT2D eigenvalue weighted by Crippen LogP contribution is -2.14. The Balaban J connectivity index is 2.33. The van der Waals surface area contributed by atoms with Crippen LogP contribution in [0.15, 0.2) is 29.4 Å². The van der Waals surface area contributed by atoms with Crippen LogP contribution in [0, 0.1) is 12.7 Å². The van der Waals surface area contributed by atoms with Crippen molar-refractivity contribution in [3.8, 4) is 0 Å². The van der Waals surface area contributed by atoms with Crippen molar-refractivity contribution in [2.24, 2.45) is 7.05 Å². The van der Waals surface area contributed by atoms with Crippen LogP contribution in [0.2, 0.25) is 0 Å². The highest BCUT2D eigenvalue weighted by Gasteiger charge is 2.19. The van der Waals surface area contributed by atoms with Gasteiger partial charge < -0.3 is 9.67 Å². The van der Waals surface area contributed by atoms with Crippen molar-refractivity contribution in [3.05, 3.63) is 41.6 Å². The Labute approximate surface area is 120 Å². The number of hydrogen-bond donors (Lipinski definition) is 2. The minimum Gasteiger partial charge on any atom is -0.478 e. The van der Waals surface area contributed by atoms with Gasteiger partial charge in [0.15, 0.2) is 5.03 Å². The Hall–Kier alpha value is -2.42. The molecule has 0 aliphatic carbocycles. The fraction of sp³-hybridized carbons (Fsp3) is 0.167. The number of hydrogen-bond acceptors (Lipinski definition) is 4. The molecule has 1 heterocycles. The van der Waals surface area contributed by atoms with Gasteiger partial charge in [-0.25, -0.2) is 14.2 Å². The number of carboxylic acid groups (broad SMARTS) is 1. The summed E-state index contributed by atoms with van der Waals surface area (Å²) in [5.74, 6) is -1.95. The van der Waals surface area contributed by atoms with Gasteiger partial charge in [0, 0.05) is 13.2 Å². The minimum atomic E-state index is -3.96. The molecule has 7 nitrogen and oxygen atoms in total. The molecule has 0 atom stereocenters. The predicted molar refractivity (Wildman–Crippen MR) is 72.1 cm³/mol. The van der Waals surface area contributed by atoms with Crippen LogP contribution < -0.4 is 4.72 Å². The lowest BCUT2D eigenvalue weighted by molar-refractivity contribution is 0.0692. The number of carbonyl (C=O) groups is 1. The summed E-state index contributed by atoms with van der Waals surface area (Å²) in [6, 6.07) is 2.95. The Kier molecular flexibility index (Phi) is 3.69. The van der Waals surface area contributed by atoms with E-state index in [0.29, 0.717) is 5.82 Å². The van der Waals surface area contributed by atoms with Gasteiger partial charge in [-0.2, -0.15) is 8.42 Å². The molecule has 2 rings (SSSR count). The first-order valence-electron chi connectivity index (χ1n) is 5.76. The summed E-state index contributed by atoms with van der Waals surface area (Å²) in [7, 11) is -2.32. The molecule has 0 amide bonds. The van der Waals surface area contributed by atoms with E-state index in [9.17, 15) is 17.6 Å². The lowest BCUT2D eigenvalue weighted by atomic mass is 10.2. The predicted octanol–water partition coefficient (Wildman–Crippen LogP) is 1.37. The molecule has 112 valence electrons. The number of carboxylic acids is 1. The average Bonchev–Trinajstić information content (AvgIpc) is 2.69. The van der Waals surface area contributed by atoms with Crippen LogP contribution in [0.5, 0.6) is 0 Å². The van der Waals surface area contributed by atoms with Gasteiger partial charge in [0.05, 0.1) is 11.3 Å². The number of sulfonamides is 1. The molecule has 1 aromatic heterocycles. The zero-order valence-corrected chi connectivity index (χ0v) is 12.0. The second kappa shape index (κ2) is 5.17. The second-order valence-corrected chi connectivity index (χ2v) is 5.97. The Morgan fingerprint density at radius 2 is 2.10 bits per heavy atom. The van der Waals surface area contributed by atoms with E-state index in [-0.39, 0.29) is 10.7 Å². The van der Waals surface area contributed by atoms with Crippen LogP contribution in [0.4, 0.5) is 10.1 Å². The number of aromatic nitrogens is 2. The molecule has 0 spiro atoms. The number of nitrogens with zero attached hydrogens (tertiary/aromatic N) is 2. The van der Waals surface area contributed by atoms with Crippen LogP contribution in [0.25, 0.3) is 0 Å². The molecule has 1 aromatic carbocycles. The van der Waals surface area contributed by atoms with E-state index in [1.807, 2.05) is 0 Å². The molecule has 0 radical (unpaired) electrons. The van der Waals surface area contributed by atoms with Gasteiger partial charge in [-0.05, 0) is 25.1 Å². The van der Waals surface area contributed by atoms with E-state index in [1.54, 1.807) is 14.0 Å². The third-order valence-electron chi connectivity index (χ3n) is 2.81. The fourth-order valence-corrected chi connectivity index (χ4v) is 2.71. The van der Waals surface area contributed by atoms with Crippen molar-refractivity contribution in [3.63, 3.8) is 0 Å². The molecule has 0 aliphatic heterocycles. The molecular formula is C12H12FN3O4S. The minimum absolute atomic E-state index is 0.0826. The fourth-order valence-electron chi connectivity index (χ4n) is 1.62. The molecule has 21 heavy (non-hydrogen) atoms. The quantitative estimate of drug-likeness (QED) is 0.887. The molecule has 0 bridgehead atoms. The molecule has 0 unspecified atom stereocenters. The smallest absolute Gasteiger partial charge is 0.338 e. The summed E-state index contributed by atoms with van der Waals surface area (Å²) in [4.78, 5) is 14.6. The Morgan fingerprint density at radius 3 is 2.57 bits per heavy atom. The normalized spacial score (nSPS) is 11.4. The maximum Gasteiger partial charge on any atom is 0.338 e. The van der Waals surface area contributed by atoms with Crippen LogP contribution >= 0.6 is 0 Å². The first-order chi connectivity index (χ1) is 9.70. The maximum atomic E-state index is 13.5. The number of anilines is 1. The van der Waals surface area contributed by atoms with Crippen molar-refractivity contribution in [2.45, 2.75) is 11.9 Å². The summed E-state index contributed by atoms with van der Waals surface area (Å²) in [6.45, 7) is 1.64. The Morgan fingerprint density at radius 1 is 1.43 bits per heavy atom. The molecule has 0 fully saturated rings. The topological polar surface area (TPSA) is 101 Å². The monoisotopic (exact) mass is 313 g/mol. The van der Waals surface area contributed by atoms with Gasteiger partial charge in [-0.15, -0.1) is 0 Å². The number of halogens is 1. The highest BCUT2D eigenvalue weighted by molar-refractivity contribution is 7.92. The summed E-state index contributed by atoms with van der Waals surface area (Å²) in [5, 5.41) is 8.51. The number of imidazole rings is 1. The molecule has 2 aromatic rings. The van der Waals surface area contributed by atoms with Gasteiger partial charge in [0.2, 0.25) is 0 Å².